The Kier molecular flexibility index (Phi) is 4.44. The average Bonchev–Trinajstić information content (AvgIpc) is 2.33. The summed E-state index contributed by atoms with van der Waals surface area (Å²) in [6.07, 6.45) is 4.16. The van der Waals surface area contributed by atoms with E-state index in [-0.39, 0.29) is 10.9 Å². The third-order valence-electron chi connectivity index (χ3n) is 4.29. The maximum absolute atomic E-state index is 13.6. The largest absolute Gasteiger partial charge is 0.385 e. The highest BCUT2D eigenvalue weighted by atomic mass is 35.5. The van der Waals surface area contributed by atoms with E-state index in [1.807, 2.05) is 0 Å². The maximum Gasteiger partial charge on any atom is 0.142 e. The van der Waals surface area contributed by atoms with Crippen LogP contribution >= 0.6 is 23.2 Å². The van der Waals surface area contributed by atoms with E-state index >= 15 is 0 Å². The lowest BCUT2D eigenvalue weighted by atomic mass is 9.71. The fourth-order valence-electron chi connectivity index (χ4n) is 3.08. The highest BCUT2D eigenvalue weighted by Gasteiger charge is 2.38. The van der Waals surface area contributed by atoms with Crippen molar-refractivity contribution >= 4 is 23.2 Å². The van der Waals surface area contributed by atoms with Crippen LogP contribution in [0.25, 0.3) is 0 Å². The van der Waals surface area contributed by atoms with Gasteiger partial charge in [0.25, 0.3) is 0 Å². The molecule has 0 aliphatic heterocycles. The Balaban J connectivity index is 2.35. The summed E-state index contributed by atoms with van der Waals surface area (Å²) >= 11 is 11.8. The van der Waals surface area contributed by atoms with E-state index in [0.717, 1.165) is 19.3 Å². The molecule has 1 fully saturated rings. The molecule has 1 aromatic carbocycles. The van der Waals surface area contributed by atoms with Crippen LogP contribution < -0.4 is 0 Å². The van der Waals surface area contributed by atoms with Crippen molar-refractivity contribution in [3.8, 4) is 0 Å². The van der Waals surface area contributed by atoms with Crippen LogP contribution in [0.15, 0.2) is 12.1 Å². The van der Waals surface area contributed by atoms with Crippen LogP contribution in [0, 0.1) is 17.7 Å². The molecule has 19 heavy (non-hydrogen) atoms. The Bertz CT molecular complexity index is 473. The van der Waals surface area contributed by atoms with Crippen molar-refractivity contribution in [3.05, 3.63) is 33.6 Å². The van der Waals surface area contributed by atoms with E-state index in [2.05, 4.69) is 6.92 Å². The number of halogens is 3. The monoisotopic (exact) mass is 304 g/mol. The summed E-state index contributed by atoms with van der Waals surface area (Å²) in [7, 11) is 0. The first-order valence-electron chi connectivity index (χ1n) is 6.69. The normalized spacial score (nSPS) is 27.1. The summed E-state index contributed by atoms with van der Waals surface area (Å²) in [6, 6.07) is 2.64. The van der Waals surface area contributed by atoms with Gasteiger partial charge >= 0.3 is 0 Å². The van der Waals surface area contributed by atoms with E-state index in [9.17, 15) is 9.50 Å². The molecule has 1 aliphatic rings. The molecule has 106 valence electrons. The van der Waals surface area contributed by atoms with Crippen molar-refractivity contribution in [2.75, 3.05) is 0 Å². The van der Waals surface area contributed by atoms with Crippen LogP contribution in [-0.2, 0) is 5.60 Å². The van der Waals surface area contributed by atoms with Crippen molar-refractivity contribution in [2.45, 2.75) is 45.1 Å². The maximum atomic E-state index is 13.6. The molecular weight excluding hydrogens is 286 g/mol. The minimum atomic E-state index is -1.11. The number of benzene rings is 1. The fourth-order valence-corrected chi connectivity index (χ4v) is 3.65. The first kappa shape index (κ1) is 15.1. The summed E-state index contributed by atoms with van der Waals surface area (Å²) in [5.74, 6) is 0.153. The molecule has 1 aromatic rings. The van der Waals surface area contributed by atoms with Gasteiger partial charge in [-0.05, 0) is 43.7 Å². The summed E-state index contributed by atoms with van der Waals surface area (Å²) in [5, 5.41) is 11.1. The molecular formula is C15H19Cl2FO. The van der Waals surface area contributed by atoms with Gasteiger partial charge < -0.3 is 5.11 Å². The molecule has 1 aliphatic carbocycles. The smallest absolute Gasteiger partial charge is 0.142 e. The quantitative estimate of drug-likeness (QED) is 0.748. The summed E-state index contributed by atoms with van der Waals surface area (Å²) in [6.45, 7) is 3.91. The first-order chi connectivity index (χ1) is 8.82. The summed E-state index contributed by atoms with van der Waals surface area (Å²) in [4.78, 5) is 0. The molecule has 1 saturated carbocycles. The Morgan fingerprint density at radius 2 is 1.95 bits per heavy atom. The van der Waals surface area contributed by atoms with Gasteiger partial charge in [0, 0.05) is 10.6 Å². The molecule has 0 radical (unpaired) electrons. The van der Waals surface area contributed by atoms with Crippen LogP contribution in [0.2, 0.25) is 10.0 Å². The Labute approximate surface area is 123 Å². The minimum Gasteiger partial charge on any atom is -0.385 e. The van der Waals surface area contributed by atoms with Crippen molar-refractivity contribution in [2.24, 2.45) is 11.8 Å². The minimum absolute atomic E-state index is 0.0124. The molecule has 0 aromatic heterocycles. The van der Waals surface area contributed by atoms with Crippen molar-refractivity contribution in [1.29, 1.82) is 0 Å². The topological polar surface area (TPSA) is 20.2 Å². The second-order valence-corrected chi connectivity index (χ2v) is 6.68. The lowest BCUT2D eigenvalue weighted by Crippen LogP contribution is -2.35. The summed E-state index contributed by atoms with van der Waals surface area (Å²) < 4.78 is 13.6. The predicted molar refractivity (Wildman–Crippen MR) is 77.1 cm³/mol. The lowest BCUT2D eigenvalue weighted by molar-refractivity contribution is -0.0295. The standard InChI is InChI=1S/C15H19Cl2FO/c1-9-4-3-5-10(6-9)15(2,19)11-7-14(18)13(17)8-12(11)16/h7-10,19H,3-6H2,1-2H3. The van der Waals surface area contributed by atoms with Crippen LogP contribution in [-0.4, -0.2) is 5.11 Å². The highest BCUT2D eigenvalue weighted by Crippen LogP contribution is 2.43. The van der Waals surface area contributed by atoms with Crippen LogP contribution in [0.1, 0.15) is 45.1 Å². The van der Waals surface area contributed by atoms with Gasteiger partial charge in [0.1, 0.15) is 5.82 Å². The zero-order chi connectivity index (χ0) is 14.2. The van der Waals surface area contributed by atoms with Gasteiger partial charge in [-0.2, -0.15) is 0 Å². The van der Waals surface area contributed by atoms with E-state index in [4.69, 9.17) is 23.2 Å². The van der Waals surface area contributed by atoms with Gasteiger partial charge in [-0.15, -0.1) is 0 Å². The van der Waals surface area contributed by atoms with E-state index < -0.39 is 11.4 Å². The average molecular weight is 305 g/mol. The molecule has 1 N–H and O–H groups in total. The van der Waals surface area contributed by atoms with Crippen LogP contribution in [0.5, 0.6) is 0 Å². The number of hydrogen-bond donors (Lipinski definition) is 1. The van der Waals surface area contributed by atoms with Crippen LogP contribution in [0.4, 0.5) is 4.39 Å². The fraction of sp³-hybridized carbons (Fsp3) is 0.600. The Morgan fingerprint density at radius 1 is 1.26 bits per heavy atom. The third kappa shape index (κ3) is 3.07. The number of rotatable bonds is 2. The molecule has 0 amide bonds. The first-order valence-corrected chi connectivity index (χ1v) is 7.45. The second-order valence-electron chi connectivity index (χ2n) is 5.86. The SMILES string of the molecule is CC1CCCC(C(C)(O)c2cc(F)c(Cl)cc2Cl)C1. The number of aliphatic hydroxyl groups is 1. The molecule has 0 heterocycles. The second kappa shape index (κ2) is 5.59. The molecule has 1 nitrogen and oxygen atoms in total. The van der Waals surface area contributed by atoms with Gasteiger partial charge in [0.05, 0.1) is 10.6 Å². The molecule has 0 bridgehead atoms. The molecule has 2 rings (SSSR count). The van der Waals surface area contributed by atoms with Crippen LogP contribution in [0.3, 0.4) is 0 Å². The van der Waals surface area contributed by atoms with Gasteiger partial charge in [-0.1, -0.05) is 43.0 Å². The molecule has 3 unspecified atom stereocenters. The van der Waals surface area contributed by atoms with Gasteiger partial charge in [0.15, 0.2) is 0 Å². The lowest BCUT2D eigenvalue weighted by Gasteiger charge is -2.38. The van der Waals surface area contributed by atoms with E-state index in [0.29, 0.717) is 16.5 Å². The Morgan fingerprint density at radius 3 is 2.58 bits per heavy atom. The van der Waals surface area contributed by atoms with E-state index in [1.54, 1.807) is 6.92 Å². The van der Waals surface area contributed by atoms with Crippen molar-refractivity contribution < 1.29 is 9.50 Å². The van der Waals surface area contributed by atoms with Gasteiger partial charge in [-0.3, -0.25) is 0 Å². The predicted octanol–water partition coefficient (Wildman–Crippen LogP) is 5.17. The van der Waals surface area contributed by atoms with Gasteiger partial charge in [0.2, 0.25) is 0 Å². The molecule has 0 saturated heterocycles. The van der Waals surface area contributed by atoms with Gasteiger partial charge in [-0.25, -0.2) is 4.39 Å². The molecule has 4 heteroatoms. The zero-order valence-electron chi connectivity index (χ0n) is 11.2. The highest BCUT2D eigenvalue weighted by molar-refractivity contribution is 6.35. The summed E-state index contributed by atoms with van der Waals surface area (Å²) in [5.41, 5.74) is -0.674. The third-order valence-corrected chi connectivity index (χ3v) is 4.89. The van der Waals surface area contributed by atoms with E-state index in [1.165, 1.54) is 18.6 Å². The molecule has 0 spiro atoms. The zero-order valence-corrected chi connectivity index (χ0v) is 12.7. The molecule has 3 atom stereocenters. The van der Waals surface area contributed by atoms with Crippen molar-refractivity contribution in [3.63, 3.8) is 0 Å². The number of hydrogen-bond acceptors (Lipinski definition) is 1. The van der Waals surface area contributed by atoms with Crippen molar-refractivity contribution in [1.82, 2.24) is 0 Å². The Hall–Kier alpha value is -0.310.